The van der Waals surface area contributed by atoms with E-state index in [0.29, 0.717) is 68.3 Å². The zero-order valence-electron chi connectivity index (χ0n) is 19.7. The molecule has 35 heavy (non-hydrogen) atoms. The summed E-state index contributed by atoms with van der Waals surface area (Å²) in [7, 11) is 1.63. The number of piperazine rings is 1. The molecule has 1 aromatic heterocycles. The lowest BCUT2D eigenvalue weighted by Gasteiger charge is -2.34. The number of aromatic nitrogens is 1. The van der Waals surface area contributed by atoms with Crippen molar-refractivity contribution in [2.45, 2.75) is 6.42 Å². The highest BCUT2D eigenvalue weighted by molar-refractivity contribution is 6.00. The number of halogens is 1. The Labute approximate surface area is 203 Å². The topological polar surface area (TPSA) is 87.9 Å². The van der Waals surface area contributed by atoms with E-state index in [-0.39, 0.29) is 17.7 Å². The number of carbonyl (C=O) groups is 2. The number of hydrogen-bond donors (Lipinski definition) is 1. The SMILES string of the molecule is COCCCNC(=O)CN1CCN(C(=O)c2ccccc2-c2ncc(-c3ccccc3F)o2)CC1. The van der Waals surface area contributed by atoms with E-state index in [2.05, 4.69) is 10.3 Å². The number of benzene rings is 2. The van der Waals surface area contributed by atoms with E-state index < -0.39 is 5.82 Å². The van der Waals surface area contributed by atoms with Gasteiger partial charge < -0.3 is 19.4 Å². The molecule has 1 saturated heterocycles. The number of ether oxygens (including phenoxy) is 1. The Morgan fingerprint density at radius 3 is 2.51 bits per heavy atom. The molecule has 0 spiro atoms. The molecule has 0 radical (unpaired) electrons. The van der Waals surface area contributed by atoms with Crippen molar-refractivity contribution >= 4 is 11.8 Å². The minimum absolute atomic E-state index is 0.0271. The molecule has 0 bridgehead atoms. The van der Waals surface area contributed by atoms with E-state index in [1.165, 1.54) is 12.3 Å². The first-order chi connectivity index (χ1) is 17.1. The Kier molecular flexibility index (Phi) is 8.23. The molecule has 0 unspecified atom stereocenters. The number of oxazole rings is 1. The van der Waals surface area contributed by atoms with Crippen LogP contribution < -0.4 is 5.32 Å². The summed E-state index contributed by atoms with van der Waals surface area (Å²) < 4.78 is 25.0. The van der Waals surface area contributed by atoms with Crippen molar-refractivity contribution in [3.8, 4) is 22.8 Å². The maximum atomic E-state index is 14.2. The van der Waals surface area contributed by atoms with Gasteiger partial charge in [-0.25, -0.2) is 9.37 Å². The summed E-state index contributed by atoms with van der Waals surface area (Å²) in [5, 5.41) is 2.89. The van der Waals surface area contributed by atoms with Gasteiger partial charge in [0.2, 0.25) is 11.8 Å². The highest BCUT2D eigenvalue weighted by Crippen LogP contribution is 2.30. The van der Waals surface area contributed by atoms with Crippen LogP contribution in [0.2, 0.25) is 0 Å². The Balaban J connectivity index is 1.39. The highest BCUT2D eigenvalue weighted by Gasteiger charge is 2.26. The van der Waals surface area contributed by atoms with Crippen molar-refractivity contribution in [2.75, 3.05) is 53.0 Å². The van der Waals surface area contributed by atoms with Crippen LogP contribution in [0.5, 0.6) is 0 Å². The summed E-state index contributed by atoms with van der Waals surface area (Å²) in [6, 6.07) is 13.4. The molecule has 0 atom stereocenters. The first-order valence-corrected chi connectivity index (χ1v) is 11.6. The maximum absolute atomic E-state index is 14.2. The third-order valence-corrected chi connectivity index (χ3v) is 5.91. The molecule has 1 N–H and O–H groups in total. The fourth-order valence-corrected chi connectivity index (χ4v) is 4.02. The van der Waals surface area contributed by atoms with Crippen LogP contribution >= 0.6 is 0 Å². The standard InChI is InChI=1S/C26H29FN4O4/c1-34-16-6-11-28-24(32)18-30-12-14-31(15-13-30)26(33)20-8-3-2-7-19(20)25-29-17-23(35-25)21-9-4-5-10-22(21)27/h2-5,7-10,17H,6,11-16,18H2,1H3,(H,28,32). The average molecular weight is 481 g/mol. The molecule has 1 aliphatic rings. The van der Waals surface area contributed by atoms with Gasteiger partial charge in [-0.2, -0.15) is 0 Å². The van der Waals surface area contributed by atoms with Crippen molar-refractivity contribution in [1.82, 2.24) is 20.1 Å². The highest BCUT2D eigenvalue weighted by atomic mass is 19.1. The molecule has 2 amide bonds. The van der Waals surface area contributed by atoms with E-state index >= 15 is 0 Å². The average Bonchev–Trinajstić information content (AvgIpc) is 3.37. The number of rotatable bonds is 9. The van der Waals surface area contributed by atoms with E-state index in [9.17, 15) is 14.0 Å². The molecular formula is C26H29FN4O4. The molecule has 0 aliphatic carbocycles. The van der Waals surface area contributed by atoms with Gasteiger partial charge in [-0.05, 0) is 30.7 Å². The third-order valence-electron chi connectivity index (χ3n) is 5.91. The molecule has 3 aromatic rings. The minimum Gasteiger partial charge on any atom is -0.436 e. The van der Waals surface area contributed by atoms with Crippen molar-refractivity contribution in [3.63, 3.8) is 0 Å². The van der Waals surface area contributed by atoms with Crippen LogP contribution in [0, 0.1) is 5.82 Å². The lowest BCUT2D eigenvalue weighted by Crippen LogP contribution is -2.51. The lowest BCUT2D eigenvalue weighted by atomic mass is 10.1. The number of carbonyl (C=O) groups excluding carboxylic acids is 2. The number of nitrogens with one attached hydrogen (secondary N) is 1. The number of amides is 2. The largest absolute Gasteiger partial charge is 0.436 e. The second-order valence-electron chi connectivity index (χ2n) is 8.32. The molecule has 2 heterocycles. The first kappa shape index (κ1) is 24.6. The van der Waals surface area contributed by atoms with Gasteiger partial charge in [0.05, 0.1) is 23.9 Å². The van der Waals surface area contributed by atoms with Gasteiger partial charge in [0.1, 0.15) is 5.82 Å². The Hall–Kier alpha value is -3.56. The molecule has 4 rings (SSSR count). The maximum Gasteiger partial charge on any atom is 0.254 e. The van der Waals surface area contributed by atoms with E-state index in [0.717, 1.165) is 6.42 Å². The van der Waals surface area contributed by atoms with Crippen molar-refractivity contribution < 1.29 is 23.1 Å². The minimum atomic E-state index is -0.402. The van der Waals surface area contributed by atoms with Crippen molar-refractivity contribution in [1.29, 1.82) is 0 Å². The van der Waals surface area contributed by atoms with Crippen LogP contribution in [-0.2, 0) is 9.53 Å². The summed E-state index contributed by atoms with van der Waals surface area (Å²) in [6.07, 6.45) is 2.24. The quantitative estimate of drug-likeness (QED) is 0.474. The Morgan fingerprint density at radius 2 is 1.77 bits per heavy atom. The van der Waals surface area contributed by atoms with Gasteiger partial charge in [-0.3, -0.25) is 14.5 Å². The zero-order valence-corrected chi connectivity index (χ0v) is 19.7. The monoisotopic (exact) mass is 480 g/mol. The summed E-state index contributed by atoms with van der Waals surface area (Å²) in [4.78, 5) is 33.6. The van der Waals surface area contributed by atoms with Crippen LogP contribution in [0.25, 0.3) is 22.8 Å². The van der Waals surface area contributed by atoms with Crippen LogP contribution in [0.1, 0.15) is 16.8 Å². The normalized spacial score (nSPS) is 14.2. The predicted octanol–water partition coefficient (Wildman–Crippen LogP) is 3.06. The Morgan fingerprint density at radius 1 is 1.06 bits per heavy atom. The molecule has 2 aromatic carbocycles. The van der Waals surface area contributed by atoms with Gasteiger partial charge in [0.15, 0.2) is 5.76 Å². The molecule has 9 heteroatoms. The van der Waals surface area contributed by atoms with Crippen molar-refractivity contribution in [3.05, 3.63) is 66.1 Å². The van der Waals surface area contributed by atoms with Gasteiger partial charge in [-0.1, -0.05) is 24.3 Å². The smallest absolute Gasteiger partial charge is 0.254 e. The fourth-order valence-electron chi connectivity index (χ4n) is 4.02. The summed E-state index contributed by atoms with van der Waals surface area (Å²) >= 11 is 0. The number of nitrogens with zero attached hydrogens (tertiary/aromatic N) is 3. The Bertz CT molecular complexity index is 1160. The summed E-state index contributed by atoms with van der Waals surface area (Å²) in [5.41, 5.74) is 1.34. The summed E-state index contributed by atoms with van der Waals surface area (Å²) in [6.45, 7) is 3.74. The number of methoxy groups -OCH3 is 1. The second kappa shape index (κ2) is 11.7. The second-order valence-corrected chi connectivity index (χ2v) is 8.32. The molecule has 0 saturated carbocycles. The number of hydrogen-bond acceptors (Lipinski definition) is 6. The van der Waals surface area contributed by atoms with Crippen LogP contribution in [0.15, 0.2) is 59.1 Å². The molecule has 184 valence electrons. The molecule has 1 aliphatic heterocycles. The molecular weight excluding hydrogens is 451 g/mol. The fraction of sp³-hybridized carbons (Fsp3) is 0.346. The van der Waals surface area contributed by atoms with Gasteiger partial charge in [-0.15, -0.1) is 0 Å². The van der Waals surface area contributed by atoms with Crippen LogP contribution in [-0.4, -0.2) is 79.6 Å². The van der Waals surface area contributed by atoms with E-state index in [1.807, 2.05) is 11.0 Å². The van der Waals surface area contributed by atoms with Crippen molar-refractivity contribution in [2.24, 2.45) is 0 Å². The van der Waals surface area contributed by atoms with Crippen LogP contribution in [0.4, 0.5) is 4.39 Å². The van der Waals surface area contributed by atoms with Gasteiger partial charge >= 0.3 is 0 Å². The zero-order chi connectivity index (χ0) is 24.6. The molecule has 8 nitrogen and oxygen atoms in total. The summed E-state index contributed by atoms with van der Waals surface area (Å²) in [5.74, 6) is 0.00206. The van der Waals surface area contributed by atoms with Gasteiger partial charge in [0.25, 0.3) is 5.91 Å². The third kappa shape index (κ3) is 6.12. The van der Waals surface area contributed by atoms with Gasteiger partial charge in [0, 0.05) is 52.0 Å². The molecule has 1 fully saturated rings. The van der Waals surface area contributed by atoms with Crippen LogP contribution in [0.3, 0.4) is 0 Å². The lowest BCUT2D eigenvalue weighted by molar-refractivity contribution is -0.122. The predicted molar refractivity (Wildman–Crippen MR) is 129 cm³/mol. The van der Waals surface area contributed by atoms with E-state index in [1.54, 1.807) is 48.4 Å². The van der Waals surface area contributed by atoms with E-state index in [4.69, 9.17) is 9.15 Å². The first-order valence-electron chi connectivity index (χ1n) is 11.6.